The second kappa shape index (κ2) is 12.5. The van der Waals surface area contributed by atoms with Gasteiger partial charge in [-0.3, -0.25) is 9.59 Å². The van der Waals surface area contributed by atoms with Gasteiger partial charge in [0.15, 0.2) is 6.61 Å². The molecule has 0 unspecified atom stereocenters. The van der Waals surface area contributed by atoms with Crippen LogP contribution in [0, 0.1) is 0 Å². The van der Waals surface area contributed by atoms with Crippen molar-refractivity contribution in [3.05, 3.63) is 58.1 Å². The second-order valence-corrected chi connectivity index (χ2v) is 7.17. The summed E-state index contributed by atoms with van der Waals surface area (Å²) in [4.78, 5) is 35.4. The highest BCUT2D eigenvalue weighted by atomic mass is 79.9. The average molecular weight is 490 g/mol. The molecule has 164 valence electrons. The summed E-state index contributed by atoms with van der Waals surface area (Å²) < 4.78 is 10.8. The van der Waals surface area contributed by atoms with Crippen molar-refractivity contribution in [3.63, 3.8) is 0 Å². The smallest absolute Gasteiger partial charge is 0.344 e. The van der Waals surface area contributed by atoms with Crippen molar-refractivity contribution in [3.8, 4) is 5.75 Å². The number of rotatable bonds is 10. The van der Waals surface area contributed by atoms with Crippen LogP contribution in [0.2, 0.25) is 0 Å². The first-order valence-electron chi connectivity index (χ1n) is 9.70. The minimum absolute atomic E-state index is 0.194. The molecule has 0 fully saturated rings. The highest BCUT2D eigenvalue weighted by Crippen LogP contribution is 2.25. The van der Waals surface area contributed by atoms with Gasteiger partial charge >= 0.3 is 5.97 Å². The molecule has 2 N–H and O–H groups in total. The number of carbonyl (C=O) groups excluding carboxylic acids is 3. The summed E-state index contributed by atoms with van der Waals surface area (Å²) in [6.45, 7) is 3.81. The summed E-state index contributed by atoms with van der Waals surface area (Å²) >= 11 is 3.35. The number of ether oxygens (including phenoxy) is 2. The van der Waals surface area contributed by atoms with Crippen LogP contribution in [0.4, 0.5) is 5.69 Å². The van der Waals surface area contributed by atoms with E-state index in [-0.39, 0.29) is 19.6 Å². The Morgan fingerprint density at radius 3 is 2.58 bits per heavy atom. The third-order valence-corrected chi connectivity index (χ3v) is 4.62. The van der Waals surface area contributed by atoms with Crippen LogP contribution < -0.4 is 15.5 Å². The maximum Gasteiger partial charge on any atom is 0.344 e. The Bertz CT molecular complexity index is 962. The van der Waals surface area contributed by atoms with E-state index in [2.05, 4.69) is 31.8 Å². The van der Waals surface area contributed by atoms with Crippen LogP contribution in [0.5, 0.6) is 5.75 Å². The van der Waals surface area contributed by atoms with E-state index in [1.165, 1.54) is 6.21 Å². The lowest BCUT2D eigenvalue weighted by Crippen LogP contribution is -2.25. The summed E-state index contributed by atoms with van der Waals surface area (Å²) in [7, 11) is 0. The Kier molecular flexibility index (Phi) is 9.70. The molecule has 8 nitrogen and oxygen atoms in total. The van der Waals surface area contributed by atoms with Crippen molar-refractivity contribution in [1.82, 2.24) is 5.43 Å². The summed E-state index contributed by atoms with van der Waals surface area (Å²) in [5.74, 6) is -0.932. The van der Waals surface area contributed by atoms with E-state index in [0.717, 1.165) is 12.0 Å². The number of amides is 2. The predicted molar refractivity (Wildman–Crippen MR) is 121 cm³/mol. The van der Waals surface area contributed by atoms with E-state index in [9.17, 15) is 14.4 Å². The largest absolute Gasteiger partial charge is 0.481 e. The Hall–Kier alpha value is -3.20. The number of hydrazone groups is 1. The lowest BCUT2D eigenvalue weighted by molar-refractivity contribution is -0.145. The number of carbonyl (C=O) groups is 3. The molecule has 2 aromatic carbocycles. The molecule has 2 rings (SSSR count). The van der Waals surface area contributed by atoms with Crippen molar-refractivity contribution in [2.75, 3.05) is 18.5 Å². The van der Waals surface area contributed by atoms with Gasteiger partial charge < -0.3 is 14.8 Å². The van der Waals surface area contributed by atoms with Crippen LogP contribution in [0.3, 0.4) is 0 Å². The standard InChI is InChI=1S/C22H24BrN3O5/c1-3-16-7-5-6-8-18(16)25-20(27)12-21(28)26-24-13-15-9-10-19(17(23)11-15)31-14-22(29)30-4-2/h5-11,13H,3-4,12,14H2,1-2H3,(H,25,27)(H,26,28). The average Bonchev–Trinajstić information content (AvgIpc) is 2.73. The van der Waals surface area contributed by atoms with Gasteiger partial charge in [-0.2, -0.15) is 5.10 Å². The molecule has 0 aliphatic rings. The summed E-state index contributed by atoms with van der Waals surface area (Å²) in [6, 6.07) is 12.5. The van der Waals surface area contributed by atoms with Crippen LogP contribution in [-0.2, 0) is 25.5 Å². The van der Waals surface area contributed by atoms with Gasteiger partial charge in [0.05, 0.1) is 17.3 Å². The number of para-hydroxylation sites is 1. The molecule has 0 spiro atoms. The number of halogens is 1. The lowest BCUT2D eigenvalue weighted by Gasteiger charge is -2.09. The number of aryl methyl sites for hydroxylation is 1. The molecular weight excluding hydrogens is 466 g/mol. The van der Waals surface area contributed by atoms with Crippen LogP contribution in [0.15, 0.2) is 52.0 Å². The van der Waals surface area contributed by atoms with Gasteiger partial charge in [0.25, 0.3) is 0 Å². The number of hydrogen-bond donors (Lipinski definition) is 2. The quantitative estimate of drug-likeness (QED) is 0.230. The maximum atomic E-state index is 12.1. The van der Waals surface area contributed by atoms with Crippen molar-refractivity contribution >= 4 is 45.6 Å². The number of anilines is 1. The van der Waals surface area contributed by atoms with Crippen LogP contribution in [0.1, 0.15) is 31.4 Å². The zero-order valence-electron chi connectivity index (χ0n) is 17.3. The summed E-state index contributed by atoms with van der Waals surface area (Å²) in [6.07, 6.45) is 1.86. The van der Waals surface area contributed by atoms with Gasteiger partial charge in [-0.05, 0) is 64.7 Å². The van der Waals surface area contributed by atoms with E-state index in [0.29, 0.717) is 21.5 Å². The predicted octanol–water partition coefficient (Wildman–Crippen LogP) is 3.43. The molecule has 0 radical (unpaired) electrons. The minimum atomic E-state index is -0.531. The van der Waals surface area contributed by atoms with Crippen molar-refractivity contribution in [2.45, 2.75) is 26.7 Å². The first-order valence-corrected chi connectivity index (χ1v) is 10.5. The topological polar surface area (TPSA) is 106 Å². The molecule has 0 saturated heterocycles. The number of esters is 1. The van der Waals surface area contributed by atoms with E-state index in [4.69, 9.17) is 9.47 Å². The highest BCUT2D eigenvalue weighted by molar-refractivity contribution is 9.10. The van der Waals surface area contributed by atoms with Gasteiger partial charge in [-0.15, -0.1) is 0 Å². The Balaban J connectivity index is 1.83. The third kappa shape index (κ3) is 8.21. The maximum absolute atomic E-state index is 12.1. The Morgan fingerprint density at radius 2 is 1.87 bits per heavy atom. The molecule has 31 heavy (non-hydrogen) atoms. The van der Waals surface area contributed by atoms with Crippen LogP contribution in [0.25, 0.3) is 0 Å². The van der Waals surface area contributed by atoms with Crippen molar-refractivity contribution in [2.24, 2.45) is 5.10 Å². The molecule has 9 heteroatoms. The fraction of sp³-hybridized carbons (Fsp3) is 0.273. The molecule has 0 saturated carbocycles. The van der Waals surface area contributed by atoms with Crippen LogP contribution >= 0.6 is 15.9 Å². The molecule has 2 amide bonds. The first-order chi connectivity index (χ1) is 14.9. The summed E-state index contributed by atoms with van der Waals surface area (Å²) in [5.41, 5.74) is 4.70. The fourth-order valence-electron chi connectivity index (χ4n) is 2.56. The van der Waals surface area contributed by atoms with Crippen LogP contribution in [-0.4, -0.2) is 37.2 Å². The minimum Gasteiger partial charge on any atom is -0.481 e. The normalized spacial score (nSPS) is 10.5. The van der Waals surface area contributed by atoms with E-state index in [1.54, 1.807) is 31.2 Å². The molecule has 0 aromatic heterocycles. The number of benzene rings is 2. The number of nitrogens with zero attached hydrogens (tertiary/aromatic N) is 1. The van der Waals surface area contributed by atoms with Crippen molar-refractivity contribution in [1.29, 1.82) is 0 Å². The van der Waals surface area contributed by atoms with Gasteiger partial charge in [0, 0.05) is 5.69 Å². The Morgan fingerprint density at radius 1 is 1.10 bits per heavy atom. The first kappa shape index (κ1) is 24.1. The molecule has 2 aromatic rings. The molecule has 0 heterocycles. The molecule has 0 atom stereocenters. The third-order valence-electron chi connectivity index (χ3n) is 4.00. The molecular formula is C22H24BrN3O5. The molecule has 0 bridgehead atoms. The van der Waals surface area contributed by atoms with Gasteiger partial charge in [0.1, 0.15) is 12.2 Å². The van der Waals surface area contributed by atoms with Gasteiger partial charge in [-0.25, -0.2) is 10.2 Å². The number of hydrogen-bond acceptors (Lipinski definition) is 6. The monoisotopic (exact) mass is 489 g/mol. The van der Waals surface area contributed by atoms with E-state index < -0.39 is 17.8 Å². The fourth-order valence-corrected chi connectivity index (χ4v) is 3.07. The van der Waals surface area contributed by atoms with E-state index in [1.807, 2.05) is 25.1 Å². The zero-order valence-corrected chi connectivity index (χ0v) is 18.9. The van der Waals surface area contributed by atoms with E-state index >= 15 is 0 Å². The Labute approximate surface area is 189 Å². The molecule has 0 aliphatic heterocycles. The van der Waals surface area contributed by atoms with Crippen molar-refractivity contribution < 1.29 is 23.9 Å². The lowest BCUT2D eigenvalue weighted by atomic mass is 10.1. The zero-order chi connectivity index (χ0) is 22.6. The molecule has 0 aliphatic carbocycles. The second-order valence-electron chi connectivity index (χ2n) is 6.31. The number of nitrogens with one attached hydrogen (secondary N) is 2. The SMILES string of the molecule is CCOC(=O)COc1ccc(C=NNC(=O)CC(=O)Nc2ccccc2CC)cc1Br. The van der Waals surface area contributed by atoms with Gasteiger partial charge in [-0.1, -0.05) is 25.1 Å². The summed E-state index contributed by atoms with van der Waals surface area (Å²) in [5, 5.41) is 6.60. The van der Waals surface area contributed by atoms with Gasteiger partial charge in [0.2, 0.25) is 11.8 Å². The highest BCUT2D eigenvalue weighted by Gasteiger charge is 2.11.